The SMILES string of the molecule is CCCCCCC1CCC(C2CCC(C#Cc3ccc(CCCCC)c(Cl)c3)CC2)CC1.CCCCCc1ccc(C#CC2CCC(C3CCC(CCCCC)CC3)CC2)cc1Cl. The Kier molecular flexibility index (Phi) is 25.2. The fourth-order valence-electron chi connectivity index (χ4n) is 12.1. The van der Waals surface area contributed by atoms with Gasteiger partial charge in [-0.3, -0.25) is 0 Å². The van der Waals surface area contributed by atoms with Crippen molar-refractivity contribution in [3.05, 3.63) is 68.7 Å². The Hall–Kier alpha value is -1.86. The van der Waals surface area contributed by atoms with Gasteiger partial charge < -0.3 is 0 Å². The molecule has 0 unspecified atom stereocenters. The van der Waals surface area contributed by atoms with Gasteiger partial charge in [-0.15, -0.1) is 0 Å². The first-order chi connectivity index (χ1) is 30.9. The number of aryl methyl sites for hydroxylation is 2. The van der Waals surface area contributed by atoms with Crippen LogP contribution in [0, 0.1) is 71.0 Å². The first kappa shape index (κ1) is 52.1. The molecule has 4 fully saturated rings. The predicted molar refractivity (Wildman–Crippen MR) is 278 cm³/mol. The summed E-state index contributed by atoms with van der Waals surface area (Å²) >= 11 is 13.0. The number of halogens is 2. The summed E-state index contributed by atoms with van der Waals surface area (Å²) in [6.45, 7) is 9.12. The van der Waals surface area contributed by atoms with Crippen LogP contribution in [0.3, 0.4) is 0 Å². The van der Waals surface area contributed by atoms with Crippen molar-refractivity contribution < 1.29 is 0 Å². The van der Waals surface area contributed by atoms with E-state index in [2.05, 4.69) is 87.8 Å². The molecule has 4 saturated carbocycles. The topological polar surface area (TPSA) is 0 Å². The maximum Gasteiger partial charge on any atom is 0.0450 e. The quantitative estimate of drug-likeness (QED) is 0.0974. The van der Waals surface area contributed by atoms with Gasteiger partial charge in [0, 0.05) is 33.0 Å². The summed E-state index contributed by atoms with van der Waals surface area (Å²) < 4.78 is 0. The zero-order valence-corrected chi connectivity index (χ0v) is 42.7. The van der Waals surface area contributed by atoms with Crippen molar-refractivity contribution in [2.75, 3.05) is 0 Å². The van der Waals surface area contributed by atoms with E-state index in [9.17, 15) is 0 Å². The van der Waals surface area contributed by atoms with Gasteiger partial charge in [0.25, 0.3) is 0 Å². The summed E-state index contributed by atoms with van der Waals surface area (Å²) in [6.07, 6.45) is 45.5. The van der Waals surface area contributed by atoms with Gasteiger partial charge >= 0.3 is 0 Å². The molecule has 0 nitrogen and oxygen atoms in total. The van der Waals surface area contributed by atoms with Gasteiger partial charge in [-0.05, 0) is 174 Å². The molecule has 2 aromatic rings. The lowest BCUT2D eigenvalue weighted by molar-refractivity contribution is 0.153. The van der Waals surface area contributed by atoms with Crippen LogP contribution < -0.4 is 0 Å². The number of rotatable bonds is 19. The van der Waals surface area contributed by atoms with Gasteiger partial charge in [-0.1, -0.05) is 196 Å². The Bertz CT molecular complexity index is 1650. The first-order valence-corrected chi connectivity index (χ1v) is 28.2. The van der Waals surface area contributed by atoms with Gasteiger partial charge in [-0.2, -0.15) is 0 Å². The molecular weight excluding hydrogens is 804 g/mol. The van der Waals surface area contributed by atoms with Crippen molar-refractivity contribution in [1.29, 1.82) is 0 Å². The molecule has 4 aliphatic carbocycles. The van der Waals surface area contributed by atoms with Gasteiger partial charge in [0.2, 0.25) is 0 Å². The first-order valence-electron chi connectivity index (χ1n) is 27.5. The lowest BCUT2D eigenvalue weighted by atomic mass is 9.69. The van der Waals surface area contributed by atoms with E-state index in [0.717, 1.165) is 69.5 Å². The van der Waals surface area contributed by atoms with Crippen LogP contribution in [0.25, 0.3) is 0 Å². The van der Waals surface area contributed by atoms with E-state index in [4.69, 9.17) is 23.2 Å². The summed E-state index contributed by atoms with van der Waals surface area (Å²) in [7, 11) is 0. The maximum absolute atomic E-state index is 6.52. The highest BCUT2D eigenvalue weighted by Crippen LogP contribution is 2.44. The number of benzene rings is 2. The second-order valence-electron chi connectivity index (χ2n) is 21.2. The van der Waals surface area contributed by atoms with E-state index in [1.54, 1.807) is 0 Å². The van der Waals surface area contributed by atoms with E-state index in [1.807, 2.05) is 0 Å². The zero-order chi connectivity index (χ0) is 44.5. The standard InChI is InChI=1S/C31H47Cl.C30H45Cl/c1-3-5-7-9-10-25-14-19-28(20-15-25)29-21-16-26(17-22-29)12-13-27-18-23-30(31(32)24-27)11-8-6-4-2;1-3-5-7-9-24-13-18-27(19-14-24)28-20-15-25(16-21-28)11-12-26-17-22-29(30(31)23-26)10-8-6-4-2/h18,23-26,28-29H,3-11,14-17,19-22H2,1-2H3;17,22-25,27-28H,3-10,13-16,18-21H2,1-2H3. The van der Waals surface area contributed by atoms with Crippen LogP contribution in [0.1, 0.15) is 249 Å². The smallest absolute Gasteiger partial charge is 0.0450 e. The normalized spacial score (nSPS) is 26.1. The molecule has 0 N–H and O–H groups in total. The number of hydrogen-bond donors (Lipinski definition) is 0. The van der Waals surface area contributed by atoms with Crippen LogP contribution in [0.2, 0.25) is 10.0 Å². The molecule has 0 radical (unpaired) electrons. The fourth-order valence-corrected chi connectivity index (χ4v) is 12.6. The highest BCUT2D eigenvalue weighted by Gasteiger charge is 2.31. The second kappa shape index (κ2) is 30.4. The van der Waals surface area contributed by atoms with Crippen molar-refractivity contribution in [3.63, 3.8) is 0 Å². The summed E-state index contributed by atoms with van der Waals surface area (Å²) in [5.41, 5.74) is 4.74. The van der Waals surface area contributed by atoms with Crippen molar-refractivity contribution >= 4 is 23.2 Å². The number of unbranched alkanes of at least 4 members (excludes halogenated alkanes) is 9. The third kappa shape index (κ3) is 19.1. The van der Waals surface area contributed by atoms with Crippen LogP contribution in [0.15, 0.2) is 36.4 Å². The van der Waals surface area contributed by atoms with Crippen LogP contribution >= 0.6 is 23.2 Å². The predicted octanol–water partition coefficient (Wildman–Crippen LogP) is 19.6. The van der Waals surface area contributed by atoms with Gasteiger partial charge in [-0.25, -0.2) is 0 Å². The minimum absolute atomic E-state index is 0.587. The van der Waals surface area contributed by atoms with E-state index in [1.165, 1.54) is 210 Å². The van der Waals surface area contributed by atoms with E-state index in [0.29, 0.717) is 11.8 Å². The Morgan fingerprint density at radius 3 is 1.10 bits per heavy atom. The minimum atomic E-state index is 0.587. The molecule has 0 heterocycles. The summed E-state index contributed by atoms with van der Waals surface area (Å²) in [5, 5.41) is 1.80. The number of hydrogen-bond acceptors (Lipinski definition) is 0. The molecule has 0 spiro atoms. The highest BCUT2D eigenvalue weighted by molar-refractivity contribution is 6.31. The molecule has 6 rings (SSSR count). The molecule has 0 atom stereocenters. The van der Waals surface area contributed by atoms with Crippen molar-refractivity contribution in [1.82, 2.24) is 0 Å². The Labute approximate surface area is 400 Å². The molecule has 2 aromatic carbocycles. The van der Waals surface area contributed by atoms with E-state index >= 15 is 0 Å². The van der Waals surface area contributed by atoms with Crippen LogP contribution in [-0.2, 0) is 12.8 Å². The Morgan fingerprint density at radius 2 is 0.730 bits per heavy atom. The lowest BCUT2D eigenvalue weighted by Gasteiger charge is -2.37. The van der Waals surface area contributed by atoms with E-state index < -0.39 is 0 Å². The van der Waals surface area contributed by atoms with Crippen molar-refractivity contribution in [2.24, 2.45) is 47.3 Å². The molecule has 2 heteroatoms. The molecule has 4 aliphatic rings. The van der Waals surface area contributed by atoms with Gasteiger partial charge in [0.15, 0.2) is 0 Å². The summed E-state index contributed by atoms with van der Waals surface area (Å²) in [4.78, 5) is 0. The highest BCUT2D eigenvalue weighted by atomic mass is 35.5. The second-order valence-corrected chi connectivity index (χ2v) is 22.0. The van der Waals surface area contributed by atoms with E-state index in [-0.39, 0.29) is 0 Å². The molecular formula is C61H92Cl2. The minimum Gasteiger partial charge on any atom is -0.0945 e. The van der Waals surface area contributed by atoms with Crippen LogP contribution in [0.4, 0.5) is 0 Å². The molecule has 0 aromatic heterocycles. The van der Waals surface area contributed by atoms with Crippen LogP contribution in [-0.4, -0.2) is 0 Å². The molecule has 0 bridgehead atoms. The lowest BCUT2D eigenvalue weighted by Crippen LogP contribution is -2.25. The van der Waals surface area contributed by atoms with Crippen molar-refractivity contribution in [3.8, 4) is 23.7 Å². The Balaban J connectivity index is 0.000000238. The average Bonchev–Trinajstić information content (AvgIpc) is 3.31. The molecule has 350 valence electrons. The molecule has 0 aliphatic heterocycles. The molecule has 63 heavy (non-hydrogen) atoms. The Morgan fingerprint density at radius 1 is 0.397 bits per heavy atom. The van der Waals surface area contributed by atoms with Crippen molar-refractivity contribution in [2.45, 2.75) is 240 Å². The summed E-state index contributed by atoms with van der Waals surface area (Å²) in [6, 6.07) is 12.9. The largest absolute Gasteiger partial charge is 0.0945 e. The monoisotopic (exact) mass is 895 g/mol. The third-order valence-electron chi connectivity index (χ3n) is 16.4. The zero-order valence-electron chi connectivity index (χ0n) is 41.2. The maximum atomic E-state index is 6.52. The molecule has 0 amide bonds. The third-order valence-corrected chi connectivity index (χ3v) is 17.1. The average molecular weight is 896 g/mol. The summed E-state index contributed by atoms with van der Waals surface area (Å²) in [5.74, 6) is 21.3. The molecule has 0 saturated heterocycles. The van der Waals surface area contributed by atoms with Gasteiger partial charge in [0.05, 0.1) is 0 Å². The van der Waals surface area contributed by atoms with Crippen LogP contribution in [0.5, 0.6) is 0 Å². The van der Waals surface area contributed by atoms with Gasteiger partial charge in [0.1, 0.15) is 0 Å². The fraction of sp³-hybridized carbons (Fsp3) is 0.738.